The van der Waals surface area contributed by atoms with Crippen molar-refractivity contribution >= 4 is 17.5 Å². The number of carbonyl (C=O) groups is 1. The van der Waals surface area contributed by atoms with E-state index in [4.69, 9.17) is 11.6 Å². The monoisotopic (exact) mass is 247 g/mol. The molecule has 0 aliphatic heterocycles. The van der Waals surface area contributed by atoms with Crippen LogP contribution in [-0.2, 0) is 0 Å². The van der Waals surface area contributed by atoms with Gasteiger partial charge < -0.3 is 4.90 Å². The molecule has 0 bridgehead atoms. The fourth-order valence-electron chi connectivity index (χ4n) is 1.14. The molecule has 1 rings (SSSR count). The Morgan fingerprint density at radius 1 is 1.44 bits per heavy atom. The van der Waals surface area contributed by atoms with Crippen LogP contribution in [0, 0.1) is 11.6 Å². The van der Waals surface area contributed by atoms with Crippen molar-refractivity contribution in [3.63, 3.8) is 0 Å². The summed E-state index contributed by atoms with van der Waals surface area (Å²) >= 11 is 5.61. The molecule has 1 aromatic carbocycles. The van der Waals surface area contributed by atoms with Gasteiger partial charge in [-0.05, 0) is 25.1 Å². The molecule has 5 heteroatoms. The van der Waals surface area contributed by atoms with Crippen LogP contribution in [0.4, 0.5) is 8.78 Å². The first-order valence-corrected chi connectivity index (χ1v) is 5.29. The van der Waals surface area contributed by atoms with E-state index in [1.807, 2.05) is 0 Å². The van der Waals surface area contributed by atoms with Crippen molar-refractivity contribution in [2.45, 2.75) is 13.0 Å². The highest BCUT2D eigenvalue weighted by atomic mass is 35.5. The molecule has 0 aliphatic carbocycles. The van der Waals surface area contributed by atoms with Crippen molar-refractivity contribution in [3.8, 4) is 0 Å². The molecule has 16 heavy (non-hydrogen) atoms. The average Bonchev–Trinajstić information content (AvgIpc) is 2.29. The number of hydrogen-bond acceptors (Lipinski definition) is 1. The summed E-state index contributed by atoms with van der Waals surface area (Å²) in [6.07, 6.45) is 0. The third-order valence-electron chi connectivity index (χ3n) is 2.37. The molecule has 0 heterocycles. The van der Waals surface area contributed by atoms with E-state index in [0.717, 1.165) is 12.1 Å². The van der Waals surface area contributed by atoms with Crippen LogP contribution in [0.3, 0.4) is 0 Å². The van der Waals surface area contributed by atoms with Gasteiger partial charge in [-0.2, -0.15) is 0 Å². The normalized spacial score (nSPS) is 12.3. The lowest BCUT2D eigenvalue weighted by Gasteiger charge is -2.23. The molecular formula is C11H12ClF2NO. The van der Waals surface area contributed by atoms with Crippen LogP contribution in [0.25, 0.3) is 0 Å². The van der Waals surface area contributed by atoms with Gasteiger partial charge in [0.05, 0.1) is 0 Å². The topological polar surface area (TPSA) is 20.3 Å². The Labute approximate surface area is 97.8 Å². The van der Waals surface area contributed by atoms with E-state index in [0.29, 0.717) is 0 Å². The summed E-state index contributed by atoms with van der Waals surface area (Å²) in [7, 11) is 1.57. The van der Waals surface area contributed by atoms with Crippen LogP contribution in [0.15, 0.2) is 18.2 Å². The maximum Gasteiger partial charge on any atom is 0.253 e. The Kier molecular flexibility index (Phi) is 4.24. The first-order valence-electron chi connectivity index (χ1n) is 4.75. The van der Waals surface area contributed by atoms with E-state index in [2.05, 4.69) is 0 Å². The molecule has 1 atom stereocenters. The van der Waals surface area contributed by atoms with Crippen molar-refractivity contribution in [1.82, 2.24) is 4.90 Å². The van der Waals surface area contributed by atoms with Gasteiger partial charge in [-0.1, -0.05) is 0 Å². The summed E-state index contributed by atoms with van der Waals surface area (Å²) in [6.45, 7) is 1.77. The van der Waals surface area contributed by atoms with Crippen molar-refractivity contribution in [1.29, 1.82) is 0 Å². The molecule has 1 amide bonds. The largest absolute Gasteiger partial charge is 0.338 e. The second-order valence-corrected chi connectivity index (χ2v) is 3.86. The maximum absolute atomic E-state index is 12.9. The van der Waals surface area contributed by atoms with Crippen LogP contribution < -0.4 is 0 Å². The molecule has 0 aliphatic rings. The van der Waals surface area contributed by atoms with Crippen LogP contribution in [0.2, 0.25) is 0 Å². The van der Waals surface area contributed by atoms with E-state index in [-0.39, 0.29) is 23.4 Å². The smallest absolute Gasteiger partial charge is 0.253 e. The van der Waals surface area contributed by atoms with Gasteiger partial charge in [-0.25, -0.2) is 8.78 Å². The SMILES string of the molecule is CC(CCl)N(C)C(=O)c1ccc(F)c(F)c1. The van der Waals surface area contributed by atoms with Crippen molar-refractivity contribution in [2.75, 3.05) is 12.9 Å². The minimum absolute atomic E-state index is 0.110. The second-order valence-electron chi connectivity index (χ2n) is 3.55. The lowest BCUT2D eigenvalue weighted by atomic mass is 10.1. The molecule has 0 saturated carbocycles. The van der Waals surface area contributed by atoms with E-state index in [9.17, 15) is 13.6 Å². The number of rotatable bonds is 3. The molecule has 88 valence electrons. The molecule has 0 aromatic heterocycles. The molecule has 0 saturated heterocycles. The maximum atomic E-state index is 12.9. The highest BCUT2D eigenvalue weighted by Crippen LogP contribution is 2.12. The summed E-state index contributed by atoms with van der Waals surface area (Å²) in [5, 5.41) is 0. The van der Waals surface area contributed by atoms with E-state index < -0.39 is 11.6 Å². The predicted octanol–water partition coefficient (Wildman–Crippen LogP) is 2.66. The standard InChI is InChI=1S/C11H12ClF2NO/c1-7(6-12)15(2)11(16)8-3-4-9(13)10(14)5-8/h3-5,7H,6H2,1-2H3. The highest BCUT2D eigenvalue weighted by molar-refractivity contribution is 6.18. The van der Waals surface area contributed by atoms with Gasteiger partial charge in [0.2, 0.25) is 0 Å². The Balaban J connectivity index is 2.92. The number of hydrogen-bond donors (Lipinski definition) is 0. The predicted molar refractivity (Wildman–Crippen MR) is 58.6 cm³/mol. The zero-order valence-electron chi connectivity index (χ0n) is 9.01. The summed E-state index contributed by atoms with van der Waals surface area (Å²) < 4.78 is 25.6. The van der Waals surface area contributed by atoms with Gasteiger partial charge in [0, 0.05) is 24.5 Å². The van der Waals surface area contributed by atoms with Gasteiger partial charge in [-0.3, -0.25) is 4.79 Å². The molecule has 0 spiro atoms. The molecular weight excluding hydrogens is 236 g/mol. The number of nitrogens with zero attached hydrogens (tertiary/aromatic N) is 1. The Hall–Kier alpha value is -1.16. The molecule has 0 fully saturated rings. The number of alkyl halides is 1. The van der Waals surface area contributed by atoms with Crippen molar-refractivity contribution in [2.24, 2.45) is 0 Å². The van der Waals surface area contributed by atoms with Gasteiger partial charge in [0.25, 0.3) is 5.91 Å². The fraction of sp³-hybridized carbons (Fsp3) is 0.364. The third-order valence-corrected chi connectivity index (χ3v) is 2.82. The van der Waals surface area contributed by atoms with Gasteiger partial charge in [0.1, 0.15) is 0 Å². The number of carbonyl (C=O) groups excluding carboxylic acids is 1. The highest BCUT2D eigenvalue weighted by Gasteiger charge is 2.17. The summed E-state index contributed by atoms with van der Waals surface area (Å²) in [6, 6.07) is 2.90. The first kappa shape index (κ1) is 12.9. The van der Waals surface area contributed by atoms with Crippen LogP contribution in [0.1, 0.15) is 17.3 Å². The molecule has 1 aromatic rings. The van der Waals surface area contributed by atoms with E-state index in [1.54, 1.807) is 14.0 Å². The Bertz CT molecular complexity index is 398. The van der Waals surface area contributed by atoms with Crippen LogP contribution in [0.5, 0.6) is 0 Å². The van der Waals surface area contributed by atoms with Crippen molar-refractivity contribution in [3.05, 3.63) is 35.4 Å². The second kappa shape index (κ2) is 5.25. The zero-order valence-corrected chi connectivity index (χ0v) is 9.76. The first-order chi connectivity index (χ1) is 7.47. The van der Waals surface area contributed by atoms with Gasteiger partial charge in [-0.15, -0.1) is 11.6 Å². The quantitative estimate of drug-likeness (QED) is 0.752. The van der Waals surface area contributed by atoms with Gasteiger partial charge in [0.15, 0.2) is 11.6 Å². The van der Waals surface area contributed by atoms with E-state index in [1.165, 1.54) is 11.0 Å². The lowest BCUT2D eigenvalue weighted by Crippen LogP contribution is -2.36. The van der Waals surface area contributed by atoms with Crippen molar-refractivity contribution < 1.29 is 13.6 Å². The van der Waals surface area contributed by atoms with E-state index >= 15 is 0 Å². The number of halogens is 3. The third kappa shape index (κ3) is 2.70. The minimum Gasteiger partial charge on any atom is -0.338 e. The Morgan fingerprint density at radius 3 is 2.56 bits per heavy atom. The average molecular weight is 248 g/mol. The molecule has 2 nitrogen and oxygen atoms in total. The lowest BCUT2D eigenvalue weighted by molar-refractivity contribution is 0.0756. The molecule has 1 unspecified atom stereocenters. The zero-order chi connectivity index (χ0) is 12.3. The molecule has 0 radical (unpaired) electrons. The number of amides is 1. The fourth-order valence-corrected chi connectivity index (χ4v) is 1.34. The summed E-state index contributed by atoms with van der Waals surface area (Å²) in [4.78, 5) is 13.2. The van der Waals surface area contributed by atoms with Crippen LogP contribution >= 0.6 is 11.6 Å². The van der Waals surface area contributed by atoms with Crippen LogP contribution in [-0.4, -0.2) is 29.8 Å². The number of benzene rings is 1. The summed E-state index contributed by atoms with van der Waals surface area (Å²) in [5.74, 6) is -2.10. The summed E-state index contributed by atoms with van der Waals surface area (Å²) in [5.41, 5.74) is 0.110. The van der Waals surface area contributed by atoms with Gasteiger partial charge >= 0.3 is 0 Å². The minimum atomic E-state index is -1.03. The molecule has 0 N–H and O–H groups in total. The Morgan fingerprint density at radius 2 is 2.06 bits per heavy atom.